The normalized spacial score (nSPS) is 20.4. The molecule has 2 saturated heterocycles. The Morgan fingerprint density at radius 3 is 2.24 bits per heavy atom. The molecule has 2 heterocycles. The van der Waals surface area contributed by atoms with Gasteiger partial charge in [0.15, 0.2) is 11.5 Å². The molecular formula is C24H26N4O5S. The largest absolute Gasteiger partial charge is 0.493 e. The van der Waals surface area contributed by atoms with Gasteiger partial charge in [-0.3, -0.25) is 4.90 Å². The van der Waals surface area contributed by atoms with E-state index in [2.05, 4.69) is 11.0 Å². The lowest BCUT2D eigenvalue weighted by Gasteiger charge is -2.40. The van der Waals surface area contributed by atoms with Gasteiger partial charge in [-0.05, 0) is 43.2 Å². The minimum Gasteiger partial charge on any atom is -0.493 e. The van der Waals surface area contributed by atoms with Crippen LogP contribution in [0.4, 0.5) is 0 Å². The van der Waals surface area contributed by atoms with Gasteiger partial charge in [-0.15, -0.1) is 0 Å². The Labute approximate surface area is 199 Å². The van der Waals surface area contributed by atoms with Crippen molar-refractivity contribution >= 4 is 10.0 Å². The minimum absolute atomic E-state index is 0.105. The number of hydrogen-bond donors (Lipinski definition) is 0. The number of sulfonamides is 1. The van der Waals surface area contributed by atoms with Gasteiger partial charge in [0.2, 0.25) is 10.0 Å². The van der Waals surface area contributed by atoms with Crippen molar-refractivity contribution in [2.75, 3.05) is 40.5 Å². The van der Waals surface area contributed by atoms with Crippen LogP contribution in [0.15, 0.2) is 41.3 Å². The molecule has 2 aliphatic heterocycles. The molecule has 0 radical (unpaired) electrons. The zero-order valence-electron chi connectivity index (χ0n) is 19.1. The number of ether oxygens (including phenoxy) is 3. The zero-order chi connectivity index (χ0) is 24.3. The van der Waals surface area contributed by atoms with Gasteiger partial charge >= 0.3 is 0 Å². The molecule has 0 aromatic heterocycles. The van der Waals surface area contributed by atoms with Crippen LogP contribution in [0.1, 0.15) is 24.0 Å². The van der Waals surface area contributed by atoms with Gasteiger partial charge in [-0.25, -0.2) is 8.42 Å². The van der Waals surface area contributed by atoms with Crippen LogP contribution in [-0.4, -0.2) is 70.2 Å². The Bertz CT molecular complexity index is 1240. The van der Waals surface area contributed by atoms with Crippen molar-refractivity contribution in [1.82, 2.24) is 9.21 Å². The highest BCUT2D eigenvalue weighted by molar-refractivity contribution is 7.89. The molecule has 0 saturated carbocycles. The van der Waals surface area contributed by atoms with Crippen LogP contribution in [0.5, 0.6) is 17.2 Å². The Morgan fingerprint density at radius 1 is 0.941 bits per heavy atom. The van der Waals surface area contributed by atoms with Crippen molar-refractivity contribution in [2.45, 2.75) is 29.8 Å². The third-order valence-electron chi connectivity index (χ3n) is 6.43. The second-order valence-electron chi connectivity index (χ2n) is 8.24. The molecule has 0 amide bonds. The van der Waals surface area contributed by atoms with Gasteiger partial charge in [-0.2, -0.15) is 14.8 Å². The molecule has 0 spiro atoms. The van der Waals surface area contributed by atoms with E-state index in [1.807, 2.05) is 6.07 Å². The van der Waals surface area contributed by atoms with Crippen molar-refractivity contribution in [2.24, 2.45) is 0 Å². The van der Waals surface area contributed by atoms with Crippen molar-refractivity contribution in [1.29, 1.82) is 10.5 Å². The molecule has 10 heteroatoms. The first-order valence-electron chi connectivity index (χ1n) is 11.0. The zero-order valence-corrected chi connectivity index (χ0v) is 19.9. The highest BCUT2D eigenvalue weighted by Crippen LogP contribution is 2.35. The topological polar surface area (TPSA) is 116 Å². The van der Waals surface area contributed by atoms with Gasteiger partial charge in [0.25, 0.3) is 0 Å². The predicted molar refractivity (Wildman–Crippen MR) is 123 cm³/mol. The maximum Gasteiger partial charge on any atom is 0.243 e. The average Bonchev–Trinajstić information content (AvgIpc) is 3.09. The van der Waals surface area contributed by atoms with Gasteiger partial charge in [0.1, 0.15) is 18.4 Å². The lowest BCUT2D eigenvalue weighted by Crippen LogP contribution is -2.55. The van der Waals surface area contributed by atoms with Crippen LogP contribution < -0.4 is 14.2 Å². The van der Waals surface area contributed by atoms with Crippen LogP contribution in [0.25, 0.3) is 0 Å². The van der Waals surface area contributed by atoms with Crippen LogP contribution in [0.2, 0.25) is 0 Å². The van der Waals surface area contributed by atoms with Crippen LogP contribution in [0.3, 0.4) is 0 Å². The lowest BCUT2D eigenvalue weighted by molar-refractivity contribution is 0.0926. The monoisotopic (exact) mass is 482 g/mol. The SMILES string of the molecule is COc1ccc(S(=O)(=O)N2CC3CCC(C2)N3CCOc2ccc(C#N)cc2C#N)cc1OC. The number of nitrogens with zero attached hydrogens (tertiary/aromatic N) is 4. The first kappa shape index (κ1) is 23.8. The second-order valence-corrected chi connectivity index (χ2v) is 10.2. The smallest absolute Gasteiger partial charge is 0.243 e. The van der Waals surface area contributed by atoms with E-state index in [9.17, 15) is 13.7 Å². The number of rotatable bonds is 8. The summed E-state index contributed by atoms with van der Waals surface area (Å²) in [7, 11) is -0.683. The van der Waals surface area contributed by atoms with Crippen molar-refractivity contribution < 1.29 is 22.6 Å². The van der Waals surface area contributed by atoms with E-state index < -0.39 is 10.0 Å². The minimum atomic E-state index is -3.67. The standard InChI is InChI=1S/C24H26N4O5S/c1-31-23-8-6-21(12-24(23)32-2)34(29,30)27-15-19-4-5-20(16-27)28(19)9-10-33-22-7-3-17(13-25)11-18(22)14-26/h3,6-8,11-12,19-20H,4-5,9-10,15-16H2,1-2H3. The summed E-state index contributed by atoms with van der Waals surface area (Å²) in [5.41, 5.74) is 0.738. The maximum absolute atomic E-state index is 13.3. The molecule has 2 atom stereocenters. The lowest BCUT2D eigenvalue weighted by atomic mass is 10.1. The van der Waals surface area contributed by atoms with E-state index in [1.54, 1.807) is 28.6 Å². The second kappa shape index (κ2) is 9.90. The fourth-order valence-electron chi connectivity index (χ4n) is 4.71. The molecule has 2 fully saturated rings. The van der Waals surface area contributed by atoms with Crippen LogP contribution in [-0.2, 0) is 10.0 Å². The number of benzene rings is 2. The Morgan fingerprint density at radius 2 is 1.62 bits per heavy atom. The third-order valence-corrected chi connectivity index (χ3v) is 8.26. The first-order valence-corrected chi connectivity index (χ1v) is 12.4. The summed E-state index contributed by atoms with van der Waals surface area (Å²) < 4.78 is 44.6. The number of nitriles is 2. The molecule has 9 nitrogen and oxygen atoms in total. The number of fused-ring (bicyclic) bond motifs is 2. The van der Waals surface area contributed by atoms with Gasteiger partial charge in [0.05, 0.1) is 36.3 Å². The molecule has 2 aromatic carbocycles. The summed E-state index contributed by atoms with van der Waals surface area (Å²) >= 11 is 0. The molecular weight excluding hydrogens is 456 g/mol. The molecule has 0 aliphatic carbocycles. The molecule has 0 N–H and O–H groups in total. The Kier molecular flexibility index (Phi) is 6.94. The molecule has 2 unspecified atom stereocenters. The van der Waals surface area contributed by atoms with Crippen LogP contribution in [0, 0.1) is 22.7 Å². The molecule has 4 rings (SSSR count). The summed E-state index contributed by atoms with van der Waals surface area (Å²) in [5.74, 6) is 1.30. The molecule has 34 heavy (non-hydrogen) atoms. The highest BCUT2D eigenvalue weighted by atomic mass is 32.2. The van der Waals surface area contributed by atoms with E-state index in [0.29, 0.717) is 54.6 Å². The van der Waals surface area contributed by atoms with Gasteiger partial charge in [-0.1, -0.05) is 0 Å². The summed E-state index contributed by atoms with van der Waals surface area (Å²) in [5, 5.41) is 18.3. The predicted octanol–water partition coefficient (Wildman–Crippen LogP) is 2.36. The number of hydrogen-bond acceptors (Lipinski definition) is 8. The quantitative estimate of drug-likeness (QED) is 0.563. The van der Waals surface area contributed by atoms with Gasteiger partial charge in [0, 0.05) is 37.8 Å². The van der Waals surface area contributed by atoms with Crippen LogP contribution >= 0.6 is 0 Å². The molecule has 2 aliphatic rings. The maximum atomic E-state index is 13.3. The Balaban J connectivity index is 1.41. The highest BCUT2D eigenvalue weighted by Gasteiger charge is 2.43. The number of methoxy groups -OCH3 is 2. The summed E-state index contributed by atoms with van der Waals surface area (Å²) in [6.07, 6.45) is 1.84. The Hall–Kier alpha value is -3.31. The molecule has 2 bridgehead atoms. The summed E-state index contributed by atoms with van der Waals surface area (Å²) in [4.78, 5) is 2.49. The fourth-order valence-corrected chi connectivity index (χ4v) is 6.24. The fraction of sp³-hybridized carbons (Fsp3) is 0.417. The van der Waals surface area contributed by atoms with E-state index in [-0.39, 0.29) is 17.0 Å². The van der Waals surface area contributed by atoms with Crippen molar-refractivity contribution in [3.63, 3.8) is 0 Å². The summed E-state index contributed by atoms with van der Waals surface area (Å²) in [6.45, 7) is 1.82. The van der Waals surface area contributed by atoms with Gasteiger partial charge < -0.3 is 14.2 Å². The van der Waals surface area contributed by atoms with E-state index >= 15 is 0 Å². The molecule has 2 aromatic rings. The summed E-state index contributed by atoms with van der Waals surface area (Å²) in [6, 6.07) is 13.7. The van der Waals surface area contributed by atoms with Crippen molar-refractivity contribution in [3.05, 3.63) is 47.5 Å². The van der Waals surface area contributed by atoms with E-state index in [0.717, 1.165) is 12.8 Å². The van der Waals surface area contributed by atoms with E-state index in [4.69, 9.17) is 19.5 Å². The van der Waals surface area contributed by atoms with Crippen molar-refractivity contribution in [3.8, 4) is 29.4 Å². The number of piperazine rings is 1. The average molecular weight is 483 g/mol. The first-order chi connectivity index (χ1) is 16.4. The molecule has 178 valence electrons. The third kappa shape index (κ3) is 4.53. The van der Waals surface area contributed by atoms with E-state index in [1.165, 1.54) is 26.4 Å².